The molecule has 0 radical (unpaired) electrons. The normalized spacial score (nSPS) is 15.6. The molecule has 1 fully saturated rings. The van der Waals surface area contributed by atoms with Crippen LogP contribution < -0.4 is 10.2 Å². The molecule has 1 N–H and O–H groups in total. The van der Waals surface area contributed by atoms with Gasteiger partial charge in [0.1, 0.15) is 5.82 Å². The van der Waals surface area contributed by atoms with Crippen LogP contribution in [0.4, 0.5) is 10.1 Å². The summed E-state index contributed by atoms with van der Waals surface area (Å²) in [4.78, 5) is 24.0. The Bertz CT molecular complexity index is 474. The number of carbonyl (C=O) groups excluding carboxylic acids is 2. The Kier molecular flexibility index (Phi) is 3.08. The summed E-state index contributed by atoms with van der Waals surface area (Å²) in [5, 5.41) is 2.67. The topological polar surface area (TPSA) is 49.4 Å². The van der Waals surface area contributed by atoms with Crippen molar-refractivity contribution in [2.24, 2.45) is 0 Å². The minimum Gasteiger partial charge on any atom is -0.358 e. The highest BCUT2D eigenvalue weighted by Crippen LogP contribution is 2.21. The van der Waals surface area contributed by atoms with E-state index in [0.717, 1.165) is 0 Å². The van der Waals surface area contributed by atoms with E-state index in [4.69, 9.17) is 0 Å². The van der Waals surface area contributed by atoms with Gasteiger partial charge in [0.05, 0.1) is 12.2 Å². The van der Waals surface area contributed by atoms with Crippen molar-refractivity contribution in [3.63, 3.8) is 0 Å². The van der Waals surface area contributed by atoms with Gasteiger partial charge in [0, 0.05) is 18.7 Å². The zero-order valence-electron chi connectivity index (χ0n) is 9.50. The smallest absolute Gasteiger partial charge is 0.239 e. The lowest BCUT2D eigenvalue weighted by atomic mass is 10.1. The van der Waals surface area contributed by atoms with E-state index in [0.29, 0.717) is 24.3 Å². The summed E-state index contributed by atoms with van der Waals surface area (Å²) in [5.41, 5.74) is 0.706. The van der Waals surface area contributed by atoms with Crippen LogP contribution in [0.5, 0.6) is 0 Å². The second-order valence-electron chi connectivity index (χ2n) is 3.99. The van der Waals surface area contributed by atoms with Gasteiger partial charge in [0.15, 0.2) is 5.78 Å². The molecule has 0 atom stereocenters. The van der Waals surface area contributed by atoms with Crippen LogP contribution in [0.3, 0.4) is 0 Å². The molecule has 0 aromatic heterocycles. The number of ketones is 1. The molecule has 1 heterocycles. The van der Waals surface area contributed by atoms with Crippen molar-refractivity contribution >= 4 is 17.4 Å². The molecule has 0 unspecified atom stereocenters. The van der Waals surface area contributed by atoms with E-state index in [1.807, 2.05) is 0 Å². The molecule has 5 heteroatoms. The lowest BCUT2D eigenvalue weighted by Crippen LogP contribution is -2.48. The first-order valence-electron chi connectivity index (χ1n) is 5.40. The maximum absolute atomic E-state index is 13.8. The Balaban J connectivity index is 2.26. The van der Waals surface area contributed by atoms with Crippen molar-refractivity contribution < 1.29 is 14.0 Å². The molecule has 0 aliphatic carbocycles. The molecule has 17 heavy (non-hydrogen) atoms. The highest BCUT2D eigenvalue weighted by molar-refractivity contribution is 5.94. The maximum atomic E-state index is 13.8. The summed E-state index contributed by atoms with van der Waals surface area (Å²) >= 11 is 0. The number of hydrogen-bond acceptors (Lipinski definition) is 3. The third-order valence-corrected chi connectivity index (χ3v) is 2.73. The minimum absolute atomic E-state index is 0.119. The molecule has 2 rings (SSSR count). The summed E-state index contributed by atoms with van der Waals surface area (Å²) in [7, 11) is 0. The van der Waals surface area contributed by atoms with Gasteiger partial charge in [-0.15, -0.1) is 0 Å². The van der Waals surface area contributed by atoms with Crippen molar-refractivity contribution in [3.8, 4) is 0 Å². The van der Waals surface area contributed by atoms with Crippen LogP contribution in [0.2, 0.25) is 0 Å². The molecule has 1 aliphatic rings. The fourth-order valence-corrected chi connectivity index (χ4v) is 1.83. The van der Waals surface area contributed by atoms with Crippen molar-refractivity contribution in [2.45, 2.75) is 6.92 Å². The van der Waals surface area contributed by atoms with E-state index >= 15 is 0 Å². The molecule has 1 aromatic rings. The van der Waals surface area contributed by atoms with Crippen LogP contribution >= 0.6 is 0 Å². The molecule has 1 aromatic carbocycles. The predicted octanol–water partition coefficient (Wildman–Crippen LogP) is 0.964. The Morgan fingerprint density at radius 3 is 2.82 bits per heavy atom. The lowest BCUT2D eigenvalue weighted by Gasteiger charge is -2.28. The largest absolute Gasteiger partial charge is 0.358 e. The van der Waals surface area contributed by atoms with E-state index in [2.05, 4.69) is 5.32 Å². The number of Topliss-reactive ketones (excluding diaryl/α,β-unsaturated/α-hetero) is 1. The summed E-state index contributed by atoms with van der Waals surface area (Å²) < 4.78 is 13.8. The lowest BCUT2D eigenvalue weighted by molar-refractivity contribution is -0.120. The second kappa shape index (κ2) is 4.53. The van der Waals surface area contributed by atoms with Crippen LogP contribution in [0, 0.1) is 5.82 Å². The van der Waals surface area contributed by atoms with E-state index in [9.17, 15) is 14.0 Å². The van der Waals surface area contributed by atoms with Gasteiger partial charge >= 0.3 is 0 Å². The number of rotatable bonds is 2. The van der Waals surface area contributed by atoms with Gasteiger partial charge in [-0.2, -0.15) is 0 Å². The first-order chi connectivity index (χ1) is 8.08. The van der Waals surface area contributed by atoms with Gasteiger partial charge in [-0.3, -0.25) is 9.59 Å². The van der Waals surface area contributed by atoms with Gasteiger partial charge in [-0.1, -0.05) is 0 Å². The standard InChI is InChI=1S/C12H13FN2O2/c1-8(16)9-2-3-11(10(13)6-9)15-5-4-14-12(17)7-15/h2-3,6H,4-5,7H2,1H3,(H,14,17). The molecule has 0 saturated carbocycles. The van der Waals surface area contributed by atoms with Gasteiger partial charge in [-0.05, 0) is 25.1 Å². The molecule has 0 bridgehead atoms. The van der Waals surface area contributed by atoms with Gasteiger partial charge in [-0.25, -0.2) is 4.39 Å². The number of nitrogens with zero attached hydrogens (tertiary/aromatic N) is 1. The quantitative estimate of drug-likeness (QED) is 0.778. The summed E-state index contributed by atoms with van der Waals surface area (Å²) in [6.07, 6.45) is 0. The average Bonchev–Trinajstić information content (AvgIpc) is 2.28. The Hall–Kier alpha value is -1.91. The maximum Gasteiger partial charge on any atom is 0.239 e. The van der Waals surface area contributed by atoms with Crippen molar-refractivity contribution in [1.82, 2.24) is 5.32 Å². The third-order valence-electron chi connectivity index (χ3n) is 2.73. The number of amides is 1. The van der Waals surface area contributed by atoms with Crippen LogP contribution in [0.25, 0.3) is 0 Å². The SMILES string of the molecule is CC(=O)c1ccc(N2CCNC(=O)C2)c(F)c1. The highest BCUT2D eigenvalue weighted by Gasteiger charge is 2.19. The second-order valence-corrected chi connectivity index (χ2v) is 3.99. The Morgan fingerprint density at radius 2 is 2.24 bits per heavy atom. The number of piperazine rings is 1. The van der Waals surface area contributed by atoms with E-state index in [1.54, 1.807) is 17.0 Å². The molecular formula is C12H13FN2O2. The number of halogens is 1. The van der Waals surface area contributed by atoms with E-state index in [-0.39, 0.29) is 18.2 Å². The monoisotopic (exact) mass is 236 g/mol. The minimum atomic E-state index is -0.465. The Morgan fingerprint density at radius 1 is 1.47 bits per heavy atom. The first-order valence-corrected chi connectivity index (χ1v) is 5.40. The molecule has 90 valence electrons. The fourth-order valence-electron chi connectivity index (χ4n) is 1.83. The van der Waals surface area contributed by atoms with Gasteiger partial charge < -0.3 is 10.2 Å². The van der Waals surface area contributed by atoms with Gasteiger partial charge in [0.25, 0.3) is 0 Å². The van der Waals surface area contributed by atoms with Crippen molar-refractivity contribution in [3.05, 3.63) is 29.6 Å². The zero-order chi connectivity index (χ0) is 12.4. The Labute approximate surface area is 98.4 Å². The predicted molar refractivity (Wildman–Crippen MR) is 61.6 cm³/mol. The summed E-state index contributed by atoms with van der Waals surface area (Å²) in [5.74, 6) is -0.759. The molecule has 4 nitrogen and oxygen atoms in total. The summed E-state index contributed by atoms with van der Waals surface area (Å²) in [6, 6.07) is 4.34. The van der Waals surface area contributed by atoms with Crippen LogP contribution in [0.1, 0.15) is 17.3 Å². The highest BCUT2D eigenvalue weighted by atomic mass is 19.1. The van der Waals surface area contributed by atoms with Gasteiger partial charge in [0.2, 0.25) is 5.91 Å². The van der Waals surface area contributed by atoms with E-state index < -0.39 is 5.82 Å². The number of benzene rings is 1. The van der Waals surface area contributed by atoms with Crippen molar-refractivity contribution in [2.75, 3.05) is 24.5 Å². The molecule has 0 spiro atoms. The van der Waals surface area contributed by atoms with Crippen LogP contribution in [-0.2, 0) is 4.79 Å². The fraction of sp³-hybridized carbons (Fsp3) is 0.333. The van der Waals surface area contributed by atoms with Crippen molar-refractivity contribution in [1.29, 1.82) is 0 Å². The molecule has 1 saturated heterocycles. The number of hydrogen-bond donors (Lipinski definition) is 1. The van der Waals surface area contributed by atoms with E-state index in [1.165, 1.54) is 13.0 Å². The number of anilines is 1. The van der Waals surface area contributed by atoms with Crippen LogP contribution in [-0.4, -0.2) is 31.3 Å². The number of carbonyl (C=O) groups is 2. The first kappa shape index (κ1) is 11.6. The molecule has 1 amide bonds. The van der Waals surface area contributed by atoms with Crippen LogP contribution in [0.15, 0.2) is 18.2 Å². The number of nitrogens with one attached hydrogen (secondary N) is 1. The molecule has 1 aliphatic heterocycles. The average molecular weight is 236 g/mol. The summed E-state index contributed by atoms with van der Waals surface area (Å²) in [6.45, 7) is 2.62. The zero-order valence-corrected chi connectivity index (χ0v) is 9.50. The molecular weight excluding hydrogens is 223 g/mol. The third kappa shape index (κ3) is 2.43.